The van der Waals surface area contributed by atoms with E-state index < -0.39 is 23.7 Å². The minimum atomic E-state index is -4.45. The molecule has 0 unspecified atom stereocenters. The third kappa shape index (κ3) is 4.41. The zero-order chi connectivity index (χ0) is 17.0. The van der Waals surface area contributed by atoms with E-state index in [1.165, 1.54) is 31.5 Å². The third-order valence-corrected chi connectivity index (χ3v) is 3.45. The largest absolute Gasteiger partial charge is 0.496 e. The molecule has 2 aromatic rings. The van der Waals surface area contributed by atoms with Gasteiger partial charge in [-0.05, 0) is 30.5 Å². The number of pyridine rings is 1. The van der Waals surface area contributed by atoms with Gasteiger partial charge >= 0.3 is 6.18 Å². The van der Waals surface area contributed by atoms with Crippen LogP contribution in [0.3, 0.4) is 0 Å². The van der Waals surface area contributed by atoms with Crippen molar-refractivity contribution >= 4 is 0 Å². The lowest BCUT2D eigenvalue weighted by molar-refractivity contribution is -0.141. The van der Waals surface area contributed by atoms with Gasteiger partial charge in [-0.2, -0.15) is 13.2 Å². The number of halogens is 4. The number of ether oxygens (including phenoxy) is 1. The number of nitrogens with two attached hydrogens (primary N) is 1. The van der Waals surface area contributed by atoms with Gasteiger partial charge < -0.3 is 10.5 Å². The Morgan fingerprint density at radius 1 is 1.22 bits per heavy atom. The molecule has 3 nitrogen and oxygen atoms in total. The summed E-state index contributed by atoms with van der Waals surface area (Å²) in [6.07, 6.45) is -2.34. The highest BCUT2D eigenvalue weighted by atomic mass is 19.4. The van der Waals surface area contributed by atoms with Gasteiger partial charge in [0, 0.05) is 23.9 Å². The van der Waals surface area contributed by atoms with Crippen LogP contribution in [-0.4, -0.2) is 12.1 Å². The van der Waals surface area contributed by atoms with Gasteiger partial charge in [0.15, 0.2) is 0 Å². The van der Waals surface area contributed by atoms with Crippen LogP contribution < -0.4 is 10.5 Å². The van der Waals surface area contributed by atoms with Gasteiger partial charge in [-0.15, -0.1) is 0 Å². The van der Waals surface area contributed by atoms with E-state index in [0.29, 0.717) is 29.7 Å². The Morgan fingerprint density at radius 2 is 1.96 bits per heavy atom. The molecule has 7 heteroatoms. The summed E-state index contributed by atoms with van der Waals surface area (Å²) in [7, 11) is 1.42. The maximum atomic E-state index is 13.2. The van der Waals surface area contributed by atoms with Crippen LogP contribution >= 0.6 is 0 Å². The number of alkyl halides is 3. The van der Waals surface area contributed by atoms with E-state index in [0.717, 1.165) is 6.07 Å². The number of rotatable bonds is 5. The van der Waals surface area contributed by atoms with Crippen molar-refractivity contribution in [2.24, 2.45) is 5.73 Å². The van der Waals surface area contributed by atoms with Gasteiger partial charge in [0.05, 0.1) is 7.11 Å². The molecule has 1 atom stereocenters. The second kappa shape index (κ2) is 6.95. The second-order valence-electron chi connectivity index (χ2n) is 5.08. The molecule has 0 saturated carbocycles. The Labute approximate surface area is 131 Å². The van der Waals surface area contributed by atoms with Crippen molar-refractivity contribution in [2.75, 3.05) is 7.11 Å². The monoisotopic (exact) mass is 328 g/mol. The van der Waals surface area contributed by atoms with Gasteiger partial charge in [0.1, 0.15) is 17.3 Å². The summed E-state index contributed by atoms with van der Waals surface area (Å²) in [5.74, 6) is -0.0761. The summed E-state index contributed by atoms with van der Waals surface area (Å²) >= 11 is 0. The highest BCUT2D eigenvalue weighted by molar-refractivity contribution is 5.36. The van der Waals surface area contributed by atoms with Crippen LogP contribution in [0.5, 0.6) is 5.75 Å². The van der Waals surface area contributed by atoms with Crippen LogP contribution in [-0.2, 0) is 12.6 Å². The van der Waals surface area contributed by atoms with Crippen molar-refractivity contribution in [3.8, 4) is 5.75 Å². The van der Waals surface area contributed by atoms with E-state index in [4.69, 9.17) is 10.5 Å². The van der Waals surface area contributed by atoms with Crippen molar-refractivity contribution in [2.45, 2.75) is 25.1 Å². The molecule has 2 rings (SSSR count). The van der Waals surface area contributed by atoms with Gasteiger partial charge in [-0.3, -0.25) is 4.98 Å². The van der Waals surface area contributed by atoms with Gasteiger partial charge in [-0.1, -0.05) is 12.1 Å². The van der Waals surface area contributed by atoms with Crippen molar-refractivity contribution in [1.82, 2.24) is 4.98 Å². The number of hydrogen-bond acceptors (Lipinski definition) is 3. The zero-order valence-corrected chi connectivity index (χ0v) is 12.4. The van der Waals surface area contributed by atoms with Crippen molar-refractivity contribution in [3.05, 3.63) is 59.2 Å². The number of nitrogens with zero attached hydrogens (tertiary/aromatic N) is 1. The second-order valence-corrected chi connectivity index (χ2v) is 5.08. The molecule has 0 fully saturated rings. The van der Waals surface area contributed by atoms with Crippen LogP contribution in [0.1, 0.15) is 29.3 Å². The van der Waals surface area contributed by atoms with Crippen LogP contribution in [0.2, 0.25) is 0 Å². The van der Waals surface area contributed by atoms with Gasteiger partial charge in [-0.25, -0.2) is 4.39 Å². The minimum Gasteiger partial charge on any atom is -0.496 e. The molecule has 1 aromatic heterocycles. The van der Waals surface area contributed by atoms with E-state index >= 15 is 0 Å². The molecule has 0 radical (unpaired) electrons. The van der Waals surface area contributed by atoms with Crippen molar-refractivity contribution < 1.29 is 22.3 Å². The van der Waals surface area contributed by atoms with Crippen LogP contribution in [0.25, 0.3) is 0 Å². The molecule has 1 aromatic carbocycles. The molecule has 2 N–H and O–H groups in total. The topological polar surface area (TPSA) is 48.1 Å². The molecular weight excluding hydrogens is 312 g/mol. The first-order valence-corrected chi connectivity index (χ1v) is 6.92. The average molecular weight is 328 g/mol. The average Bonchev–Trinajstić information content (AvgIpc) is 2.52. The first-order chi connectivity index (χ1) is 10.8. The Balaban J connectivity index is 2.03. The third-order valence-electron chi connectivity index (χ3n) is 3.45. The number of benzene rings is 1. The summed E-state index contributed by atoms with van der Waals surface area (Å²) in [6, 6.07) is 5.98. The fraction of sp³-hybridized carbons (Fsp3) is 0.312. The normalized spacial score (nSPS) is 13.0. The predicted molar refractivity (Wildman–Crippen MR) is 77.4 cm³/mol. The molecule has 0 bridgehead atoms. The summed E-state index contributed by atoms with van der Waals surface area (Å²) in [6.45, 7) is 0. The zero-order valence-electron chi connectivity index (χ0n) is 12.4. The molecule has 0 spiro atoms. The number of aromatic nitrogens is 1. The van der Waals surface area contributed by atoms with E-state index in [1.807, 2.05) is 0 Å². The van der Waals surface area contributed by atoms with E-state index in [-0.39, 0.29) is 0 Å². The molecule has 0 saturated heterocycles. The van der Waals surface area contributed by atoms with Crippen LogP contribution in [0.15, 0.2) is 36.5 Å². The van der Waals surface area contributed by atoms with Crippen LogP contribution in [0, 0.1) is 5.82 Å². The fourth-order valence-corrected chi connectivity index (χ4v) is 2.21. The SMILES string of the molecule is COc1cc(F)ccc1[C@H](N)CCc1ccc(C(F)(F)F)nc1. The molecule has 23 heavy (non-hydrogen) atoms. The first-order valence-electron chi connectivity index (χ1n) is 6.92. The Morgan fingerprint density at radius 3 is 2.52 bits per heavy atom. The number of methoxy groups -OCH3 is 1. The highest BCUT2D eigenvalue weighted by Crippen LogP contribution is 2.29. The maximum absolute atomic E-state index is 13.2. The summed E-state index contributed by atoms with van der Waals surface area (Å²) < 4.78 is 55.6. The molecule has 1 heterocycles. The first kappa shape index (κ1) is 17.2. The number of hydrogen-bond donors (Lipinski definition) is 1. The Kier molecular flexibility index (Phi) is 5.20. The standard InChI is InChI=1S/C16H16F4N2O/c1-23-14-8-11(17)4-5-12(14)13(21)6-2-10-3-7-15(22-9-10)16(18,19)20/h3-5,7-9,13H,2,6,21H2,1H3/t13-/m1/s1. The quantitative estimate of drug-likeness (QED) is 0.847. The molecule has 0 aliphatic heterocycles. The molecular formula is C16H16F4N2O. The van der Waals surface area contributed by atoms with Crippen LogP contribution in [0.4, 0.5) is 17.6 Å². The lowest BCUT2D eigenvalue weighted by Crippen LogP contribution is -2.13. The molecule has 0 aliphatic rings. The van der Waals surface area contributed by atoms with Crippen molar-refractivity contribution in [1.29, 1.82) is 0 Å². The lowest BCUT2D eigenvalue weighted by Gasteiger charge is -2.16. The summed E-state index contributed by atoms with van der Waals surface area (Å²) in [5.41, 5.74) is 6.44. The molecule has 124 valence electrons. The van der Waals surface area contributed by atoms with E-state index in [9.17, 15) is 17.6 Å². The maximum Gasteiger partial charge on any atom is 0.433 e. The van der Waals surface area contributed by atoms with E-state index in [2.05, 4.69) is 4.98 Å². The van der Waals surface area contributed by atoms with Gasteiger partial charge in [0.2, 0.25) is 0 Å². The lowest BCUT2D eigenvalue weighted by atomic mass is 9.99. The Bertz CT molecular complexity index is 656. The smallest absolute Gasteiger partial charge is 0.433 e. The fourth-order valence-electron chi connectivity index (χ4n) is 2.21. The number of aryl methyl sites for hydroxylation is 1. The van der Waals surface area contributed by atoms with Gasteiger partial charge in [0.25, 0.3) is 0 Å². The molecule has 0 aliphatic carbocycles. The summed E-state index contributed by atoms with van der Waals surface area (Å²) in [4.78, 5) is 3.41. The summed E-state index contributed by atoms with van der Waals surface area (Å²) in [5, 5.41) is 0. The predicted octanol–water partition coefficient (Wildman–Crippen LogP) is 3.88. The van der Waals surface area contributed by atoms with Crippen molar-refractivity contribution in [3.63, 3.8) is 0 Å². The van der Waals surface area contributed by atoms with E-state index in [1.54, 1.807) is 6.07 Å². The Hall–Kier alpha value is -2.15. The minimum absolute atomic E-state index is 0.350. The molecule has 0 amide bonds. The highest BCUT2D eigenvalue weighted by Gasteiger charge is 2.31.